The Morgan fingerprint density at radius 3 is 3.00 bits per heavy atom. The number of rotatable bonds is 7. The van der Waals surface area contributed by atoms with Crippen molar-refractivity contribution in [2.24, 2.45) is 0 Å². The first-order valence-electron chi connectivity index (χ1n) is 7.09. The van der Waals surface area contributed by atoms with Crippen LogP contribution in [-0.2, 0) is 4.74 Å². The van der Waals surface area contributed by atoms with Crippen LogP contribution in [0.2, 0.25) is 0 Å². The number of nitrogens with zero attached hydrogens (tertiary/aromatic N) is 1. The maximum absolute atomic E-state index is 5.91. The predicted molar refractivity (Wildman–Crippen MR) is 76.0 cm³/mol. The average molecular weight is 268 g/mol. The Morgan fingerprint density at radius 2 is 2.28 bits per heavy atom. The first kappa shape index (κ1) is 14.0. The van der Waals surface area contributed by atoms with Gasteiger partial charge >= 0.3 is 0 Å². The van der Waals surface area contributed by atoms with E-state index in [-0.39, 0.29) is 0 Å². The van der Waals surface area contributed by atoms with Crippen LogP contribution in [0.25, 0.3) is 0 Å². The third kappa shape index (κ3) is 4.67. The van der Waals surface area contributed by atoms with E-state index in [1.54, 1.807) is 11.3 Å². The predicted octanol–water partition coefficient (Wildman–Crippen LogP) is 3.53. The van der Waals surface area contributed by atoms with Crippen LogP contribution in [0.3, 0.4) is 0 Å². The van der Waals surface area contributed by atoms with Gasteiger partial charge < -0.3 is 10.1 Å². The molecule has 0 saturated heterocycles. The largest absolute Gasteiger partial charge is 0.378 e. The Bertz CT molecular complexity index is 310. The fourth-order valence-corrected chi connectivity index (χ4v) is 3.07. The number of hydrogen-bond acceptors (Lipinski definition) is 4. The molecule has 0 radical (unpaired) electrons. The van der Waals surface area contributed by atoms with Gasteiger partial charge in [0.05, 0.1) is 11.6 Å². The SMILES string of the molecule is CC(NCCCOC1CCCCC1)c1cncs1. The van der Waals surface area contributed by atoms with Crippen molar-refractivity contribution in [1.82, 2.24) is 10.3 Å². The van der Waals surface area contributed by atoms with Crippen molar-refractivity contribution in [2.45, 2.75) is 57.6 Å². The molecule has 0 aliphatic heterocycles. The van der Waals surface area contributed by atoms with E-state index in [0.717, 1.165) is 19.6 Å². The maximum Gasteiger partial charge on any atom is 0.0794 e. The minimum Gasteiger partial charge on any atom is -0.378 e. The van der Waals surface area contributed by atoms with Crippen molar-refractivity contribution in [1.29, 1.82) is 0 Å². The highest BCUT2D eigenvalue weighted by molar-refractivity contribution is 7.09. The summed E-state index contributed by atoms with van der Waals surface area (Å²) in [5, 5.41) is 3.51. The summed E-state index contributed by atoms with van der Waals surface area (Å²) in [5.41, 5.74) is 1.89. The molecule has 0 amide bonds. The van der Waals surface area contributed by atoms with E-state index in [0.29, 0.717) is 12.1 Å². The molecule has 1 aromatic rings. The third-order valence-electron chi connectivity index (χ3n) is 3.56. The van der Waals surface area contributed by atoms with Crippen LogP contribution in [0.5, 0.6) is 0 Å². The van der Waals surface area contributed by atoms with Crippen molar-refractivity contribution in [3.8, 4) is 0 Å². The standard InChI is InChI=1S/C14H24N2OS/c1-12(14-10-15-11-18-14)16-8-5-9-17-13-6-3-2-4-7-13/h10-13,16H,2-9H2,1H3. The molecule has 18 heavy (non-hydrogen) atoms. The highest BCUT2D eigenvalue weighted by Gasteiger charge is 2.13. The lowest BCUT2D eigenvalue weighted by atomic mass is 9.98. The fourth-order valence-electron chi connectivity index (χ4n) is 2.41. The van der Waals surface area contributed by atoms with Crippen LogP contribution < -0.4 is 5.32 Å². The van der Waals surface area contributed by atoms with Crippen LogP contribution in [-0.4, -0.2) is 24.2 Å². The molecule has 1 atom stereocenters. The molecule has 0 spiro atoms. The lowest BCUT2D eigenvalue weighted by Crippen LogP contribution is -2.22. The molecular formula is C14H24N2OS. The van der Waals surface area contributed by atoms with E-state index >= 15 is 0 Å². The number of ether oxygens (including phenoxy) is 1. The zero-order valence-corrected chi connectivity index (χ0v) is 12.0. The summed E-state index contributed by atoms with van der Waals surface area (Å²) in [5.74, 6) is 0. The van der Waals surface area contributed by atoms with Crippen LogP contribution >= 0.6 is 11.3 Å². The van der Waals surface area contributed by atoms with Gasteiger partial charge in [-0.3, -0.25) is 4.98 Å². The number of hydrogen-bond donors (Lipinski definition) is 1. The average Bonchev–Trinajstić information content (AvgIpc) is 2.93. The fraction of sp³-hybridized carbons (Fsp3) is 0.786. The molecule has 1 aliphatic carbocycles. The molecule has 0 aromatic carbocycles. The van der Waals surface area contributed by atoms with Gasteiger partial charge in [0.25, 0.3) is 0 Å². The molecule has 102 valence electrons. The van der Waals surface area contributed by atoms with Gasteiger partial charge in [0.1, 0.15) is 0 Å². The third-order valence-corrected chi connectivity index (χ3v) is 4.51. The van der Waals surface area contributed by atoms with Gasteiger partial charge in [-0.15, -0.1) is 11.3 Å². The zero-order chi connectivity index (χ0) is 12.6. The number of nitrogens with one attached hydrogen (secondary N) is 1. The van der Waals surface area contributed by atoms with Crippen molar-refractivity contribution in [3.05, 3.63) is 16.6 Å². The van der Waals surface area contributed by atoms with E-state index in [4.69, 9.17) is 4.74 Å². The normalized spacial score (nSPS) is 18.9. The second-order valence-electron chi connectivity index (χ2n) is 5.06. The molecule has 1 fully saturated rings. The van der Waals surface area contributed by atoms with Crippen LogP contribution in [0, 0.1) is 0 Å². The summed E-state index contributed by atoms with van der Waals surface area (Å²) >= 11 is 1.71. The van der Waals surface area contributed by atoms with Crippen molar-refractivity contribution >= 4 is 11.3 Å². The lowest BCUT2D eigenvalue weighted by molar-refractivity contribution is 0.0271. The molecule has 4 heteroatoms. The second kappa shape index (κ2) is 7.87. The lowest BCUT2D eigenvalue weighted by Gasteiger charge is -2.22. The molecule has 1 heterocycles. The first-order chi connectivity index (χ1) is 8.86. The van der Waals surface area contributed by atoms with Gasteiger partial charge in [0.15, 0.2) is 0 Å². The Balaban J connectivity index is 1.50. The summed E-state index contributed by atoms with van der Waals surface area (Å²) in [6.45, 7) is 4.11. The molecule has 2 rings (SSSR count). The summed E-state index contributed by atoms with van der Waals surface area (Å²) in [7, 11) is 0. The van der Waals surface area contributed by atoms with Gasteiger partial charge in [-0.2, -0.15) is 0 Å². The molecule has 0 bridgehead atoms. The molecule has 1 unspecified atom stereocenters. The molecule has 1 aliphatic rings. The topological polar surface area (TPSA) is 34.1 Å². The Hall–Kier alpha value is -0.450. The van der Waals surface area contributed by atoms with Gasteiger partial charge in [0, 0.05) is 23.7 Å². The Kier molecular flexibility index (Phi) is 6.11. The van der Waals surface area contributed by atoms with E-state index in [2.05, 4.69) is 17.2 Å². The summed E-state index contributed by atoms with van der Waals surface area (Å²) in [6, 6.07) is 0.409. The second-order valence-corrected chi connectivity index (χ2v) is 5.98. The van der Waals surface area contributed by atoms with Crippen LogP contribution in [0.1, 0.15) is 56.4 Å². The van der Waals surface area contributed by atoms with Crippen molar-refractivity contribution in [3.63, 3.8) is 0 Å². The summed E-state index contributed by atoms with van der Waals surface area (Å²) in [4.78, 5) is 5.41. The van der Waals surface area contributed by atoms with E-state index < -0.39 is 0 Å². The van der Waals surface area contributed by atoms with Crippen molar-refractivity contribution in [2.75, 3.05) is 13.2 Å². The summed E-state index contributed by atoms with van der Waals surface area (Å²) in [6.07, 6.45) is 10.2. The number of thiazole rings is 1. The Morgan fingerprint density at radius 1 is 1.44 bits per heavy atom. The van der Waals surface area contributed by atoms with Gasteiger partial charge in [-0.05, 0) is 32.7 Å². The van der Waals surface area contributed by atoms with Gasteiger partial charge in [0.2, 0.25) is 0 Å². The van der Waals surface area contributed by atoms with Crippen LogP contribution in [0.4, 0.5) is 0 Å². The smallest absolute Gasteiger partial charge is 0.0794 e. The molecular weight excluding hydrogens is 244 g/mol. The molecule has 1 aromatic heterocycles. The monoisotopic (exact) mass is 268 g/mol. The molecule has 1 N–H and O–H groups in total. The highest BCUT2D eigenvalue weighted by atomic mass is 32.1. The molecule has 1 saturated carbocycles. The van der Waals surface area contributed by atoms with E-state index in [1.165, 1.54) is 37.0 Å². The maximum atomic E-state index is 5.91. The van der Waals surface area contributed by atoms with Crippen LogP contribution in [0.15, 0.2) is 11.7 Å². The minimum atomic E-state index is 0.409. The highest BCUT2D eigenvalue weighted by Crippen LogP contribution is 2.20. The van der Waals surface area contributed by atoms with Crippen molar-refractivity contribution < 1.29 is 4.74 Å². The minimum absolute atomic E-state index is 0.409. The Labute approximate surface area is 114 Å². The molecule has 3 nitrogen and oxygen atoms in total. The number of aromatic nitrogens is 1. The van der Waals surface area contributed by atoms with Gasteiger partial charge in [-0.1, -0.05) is 19.3 Å². The first-order valence-corrected chi connectivity index (χ1v) is 7.97. The van der Waals surface area contributed by atoms with Gasteiger partial charge in [-0.25, -0.2) is 0 Å². The summed E-state index contributed by atoms with van der Waals surface area (Å²) < 4.78 is 5.91. The zero-order valence-electron chi connectivity index (χ0n) is 11.2. The quantitative estimate of drug-likeness (QED) is 0.768. The van der Waals surface area contributed by atoms with E-state index in [1.807, 2.05) is 11.7 Å². The van der Waals surface area contributed by atoms with E-state index in [9.17, 15) is 0 Å².